The zero-order chi connectivity index (χ0) is 26.4. The van der Waals surface area contributed by atoms with Crippen LogP contribution in [0.2, 0.25) is 0 Å². The molecule has 0 rings (SSSR count). The number of carbonyl (C=O) groups is 2. The summed E-state index contributed by atoms with van der Waals surface area (Å²) in [4.78, 5) is 23.3. The molecule has 36 heavy (non-hydrogen) atoms. The van der Waals surface area contributed by atoms with Crippen LogP contribution in [0.1, 0.15) is 168 Å². The van der Waals surface area contributed by atoms with Crippen LogP contribution in [0.3, 0.4) is 0 Å². The first-order valence-electron chi connectivity index (χ1n) is 15.7. The van der Waals surface area contributed by atoms with E-state index in [0.717, 1.165) is 38.5 Å². The second-order valence-electron chi connectivity index (χ2n) is 10.4. The second-order valence-corrected chi connectivity index (χ2v) is 10.4. The van der Waals surface area contributed by atoms with Crippen LogP contribution in [-0.4, -0.2) is 25.2 Å². The summed E-state index contributed by atoms with van der Waals surface area (Å²) >= 11 is 0. The minimum atomic E-state index is -0.183. The summed E-state index contributed by atoms with van der Waals surface area (Å²) in [7, 11) is 0. The van der Waals surface area contributed by atoms with E-state index in [1.807, 2.05) is 6.08 Å². The summed E-state index contributed by atoms with van der Waals surface area (Å²) in [5.74, 6) is -0.189. The molecule has 0 radical (unpaired) electrons. The van der Waals surface area contributed by atoms with Crippen LogP contribution in [0.5, 0.6) is 0 Å². The quantitative estimate of drug-likeness (QED) is 0.0599. The fraction of sp³-hybridized carbons (Fsp3) is 0.875. The number of esters is 2. The molecule has 0 aromatic rings. The Balaban J connectivity index is 3.22. The summed E-state index contributed by atoms with van der Waals surface area (Å²) in [6.07, 6.45) is 32.2. The van der Waals surface area contributed by atoms with Gasteiger partial charge >= 0.3 is 11.9 Å². The van der Waals surface area contributed by atoms with Gasteiger partial charge in [0.05, 0.1) is 13.2 Å². The Morgan fingerprint density at radius 2 is 0.917 bits per heavy atom. The largest absolute Gasteiger partial charge is 0.466 e. The number of hydrogen-bond acceptors (Lipinski definition) is 4. The third-order valence-corrected chi connectivity index (χ3v) is 6.76. The Morgan fingerprint density at radius 1 is 0.500 bits per heavy atom. The lowest BCUT2D eigenvalue weighted by atomic mass is 10.0. The summed E-state index contributed by atoms with van der Waals surface area (Å²) in [5, 5.41) is 0. The molecule has 0 aliphatic rings. The van der Waals surface area contributed by atoms with E-state index in [-0.39, 0.29) is 11.9 Å². The van der Waals surface area contributed by atoms with Crippen LogP contribution in [0, 0.1) is 0 Å². The van der Waals surface area contributed by atoms with Gasteiger partial charge in [-0.05, 0) is 32.1 Å². The van der Waals surface area contributed by atoms with E-state index in [1.165, 1.54) is 109 Å². The van der Waals surface area contributed by atoms with Crippen molar-refractivity contribution in [1.82, 2.24) is 0 Å². The first-order valence-corrected chi connectivity index (χ1v) is 15.7. The number of rotatable bonds is 28. The van der Waals surface area contributed by atoms with Crippen LogP contribution in [0.4, 0.5) is 0 Å². The predicted octanol–water partition coefficient (Wildman–Crippen LogP) is 10.0. The van der Waals surface area contributed by atoms with E-state index in [9.17, 15) is 9.59 Å². The monoisotopic (exact) mass is 508 g/mol. The van der Waals surface area contributed by atoms with Gasteiger partial charge in [0.25, 0.3) is 0 Å². The predicted molar refractivity (Wildman–Crippen MR) is 153 cm³/mol. The fourth-order valence-electron chi connectivity index (χ4n) is 4.37. The molecule has 0 aromatic heterocycles. The summed E-state index contributed by atoms with van der Waals surface area (Å²) in [6.45, 7) is 5.54. The van der Waals surface area contributed by atoms with Crippen molar-refractivity contribution in [3.63, 3.8) is 0 Å². The molecule has 0 fully saturated rings. The molecule has 0 aromatic carbocycles. The van der Waals surface area contributed by atoms with E-state index in [4.69, 9.17) is 9.47 Å². The van der Waals surface area contributed by atoms with Crippen molar-refractivity contribution in [3.05, 3.63) is 12.2 Å². The molecule has 0 heterocycles. The molecular formula is C32H60O4. The molecule has 4 nitrogen and oxygen atoms in total. The van der Waals surface area contributed by atoms with E-state index >= 15 is 0 Å². The van der Waals surface area contributed by atoms with Crippen molar-refractivity contribution in [2.24, 2.45) is 0 Å². The van der Waals surface area contributed by atoms with E-state index in [1.54, 1.807) is 6.08 Å². The maximum atomic E-state index is 11.7. The third kappa shape index (κ3) is 28.9. The minimum Gasteiger partial charge on any atom is -0.466 e. The van der Waals surface area contributed by atoms with Crippen LogP contribution >= 0.6 is 0 Å². The van der Waals surface area contributed by atoms with Gasteiger partial charge in [-0.2, -0.15) is 0 Å². The van der Waals surface area contributed by atoms with E-state index in [2.05, 4.69) is 13.8 Å². The van der Waals surface area contributed by atoms with Gasteiger partial charge < -0.3 is 9.47 Å². The summed E-state index contributed by atoms with van der Waals surface area (Å²) < 4.78 is 10.5. The van der Waals surface area contributed by atoms with Gasteiger partial charge in [-0.25, -0.2) is 4.79 Å². The highest BCUT2D eigenvalue weighted by Crippen LogP contribution is 2.14. The Labute approximate surface area is 224 Å². The zero-order valence-corrected chi connectivity index (χ0v) is 24.2. The smallest absolute Gasteiger partial charge is 0.330 e. The lowest BCUT2D eigenvalue weighted by molar-refractivity contribution is -0.144. The Bertz CT molecular complexity index is 500. The lowest BCUT2D eigenvalue weighted by Gasteiger charge is -2.05. The Hall–Kier alpha value is -1.32. The number of unbranched alkanes of at least 4 members (excludes halogenated alkanes) is 20. The second kappa shape index (κ2) is 29.9. The molecule has 212 valence electrons. The van der Waals surface area contributed by atoms with Crippen molar-refractivity contribution in [2.75, 3.05) is 13.2 Å². The molecule has 0 saturated heterocycles. The average Bonchev–Trinajstić information content (AvgIpc) is 2.87. The van der Waals surface area contributed by atoms with Gasteiger partial charge in [-0.3, -0.25) is 4.79 Å². The average molecular weight is 509 g/mol. The molecule has 0 spiro atoms. The van der Waals surface area contributed by atoms with E-state index in [0.29, 0.717) is 19.6 Å². The molecule has 0 atom stereocenters. The Kier molecular flexibility index (Phi) is 28.8. The van der Waals surface area contributed by atoms with Gasteiger partial charge in [0.2, 0.25) is 0 Å². The first-order chi connectivity index (χ1) is 17.7. The SMILES string of the molecule is CCCCCCOC(=O)/C=C/CCCCCCCCCCCCCCCCC(=O)OCCCCCC. The minimum absolute atomic E-state index is 0.00581. The van der Waals surface area contributed by atoms with Crippen molar-refractivity contribution < 1.29 is 19.1 Å². The van der Waals surface area contributed by atoms with Crippen LogP contribution in [-0.2, 0) is 19.1 Å². The molecule has 0 amide bonds. The summed E-state index contributed by atoms with van der Waals surface area (Å²) in [6, 6.07) is 0. The standard InChI is InChI=1S/C32H60O4/c1-3-5-7-25-29-35-31(33)27-23-21-19-17-15-13-11-9-10-12-14-16-18-20-22-24-28-32(34)36-30-26-8-6-4-2/h23,27H,3-22,24-26,28-30H2,1-2H3/b27-23+. The van der Waals surface area contributed by atoms with Gasteiger partial charge in [0, 0.05) is 12.5 Å². The highest BCUT2D eigenvalue weighted by atomic mass is 16.5. The van der Waals surface area contributed by atoms with Crippen LogP contribution < -0.4 is 0 Å². The number of ether oxygens (including phenoxy) is 2. The Morgan fingerprint density at radius 3 is 1.42 bits per heavy atom. The lowest BCUT2D eigenvalue weighted by Crippen LogP contribution is -2.05. The van der Waals surface area contributed by atoms with Gasteiger partial charge in [-0.1, -0.05) is 135 Å². The van der Waals surface area contributed by atoms with E-state index < -0.39 is 0 Å². The zero-order valence-electron chi connectivity index (χ0n) is 24.2. The molecule has 0 aliphatic heterocycles. The van der Waals surface area contributed by atoms with Gasteiger partial charge in [0.1, 0.15) is 0 Å². The molecule has 0 bridgehead atoms. The van der Waals surface area contributed by atoms with Crippen molar-refractivity contribution in [2.45, 2.75) is 168 Å². The maximum Gasteiger partial charge on any atom is 0.330 e. The normalized spacial score (nSPS) is 11.3. The molecular weight excluding hydrogens is 448 g/mol. The maximum absolute atomic E-state index is 11.7. The van der Waals surface area contributed by atoms with Gasteiger partial charge in [0.15, 0.2) is 0 Å². The number of allylic oxidation sites excluding steroid dienone is 1. The molecule has 0 saturated carbocycles. The van der Waals surface area contributed by atoms with Crippen LogP contribution in [0.25, 0.3) is 0 Å². The van der Waals surface area contributed by atoms with Crippen LogP contribution in [0.15, 0.2) is 12.2 Å². The van der Waals surface area contributed by atoms with Crippen molar-refractivity contribution in [3.8, 4) is 0 Å². The highest BCUT2D eigenvalue weighted by Gasteiger charge is 2.02. The third-order valence-electron chi connectivity index (χ3n) is 6.76. The highest BCUT2D eigenvalue weighted by molar-refractivity contribution is 5.81. The molecule has 0 aliphatic carbocycles. The molecule has 0 N–H and O–H groups in total. The fourth-order valence-corrected chi connectivity index (χ4v) is 4.37. The van der Waals surface area contributed by atoms with Crippen molar-refractivity contribution in [1.29, 1.82) is 0 Å². The summed E-state index contributed by atoms with van der Waals surface area (Å²) in [5.41, 5.74) is 0. The number of hydrogen-bond donors (Lipinski definition) is 0. The van der Waals surface area contributed by atoms with Gasteiger partial charge in [-0.15, -0.1) is 0 Å². The molecule has 4 heteroatoms. The number of carbonyl (C=O) groups excluding carboxylic acids is 2. The first kappa shape index (κ1) is 34.7. The topological polar surface area (TPSA) is 52.6 Å². The molecule has 0 unspecified atom stereocenters. The van der Waals surface area contributed by atoms with Crippen molar-refractivity contribution >= 4 is 11.9 Å².